The van der Waals surface area contributed by atoms with Gasteiger partial charge in [0.2, 0.25) is 16.0 Å². The molecule has 2 N–H and O–H groups in total. The van der Waals surface area contributed by atoms with Gasteiger partial charge in [-0.3, -0.25) is 4.68 Å². The second kappa shape index (κ2) is 9.77. The van der Waals surface area contributed by atoms with E-state index >= 15 is 0 Å². The summed E-state index contributed by atoms with van der Waals surface area (Å²) in [6, 6.07) is 7.22. The maximum atomic E-state index is 12.9. The van der Waals surface area contributed by atoms with Gasteiger partial charge in [-0.1, -0.05) is 12.1 Å². The number of nitrogens with zero attached hydrogens (tertiary/aromatic N) is 6. The summed E-state index contributed by atoms with van der Waals surface area (Å²) in [5.41, 5.74) is 2.29. The average Bonchev–Trinajstić information content (AvgIpc) is 3.46. The summed E-state index contributed by atoms with van der Waals surface area (Å²) in [6.45, 7) is 4.12. The van der Waals surface area contributed by atoms with E-state index in [2.05, 4.69) is 27.7 Å². The fraction of sp³-hybridized carbons (Fsp3) is 0.375. The third kappa shape index (κ3) is 4.81. The molecule has 0 aliphatic carbocycles. The summed E-state index contributed by atoms with van der Waals surface area (Å²) in [5, 5.41) is 14.0. The molecule has 1 aliphatic rings. The van der Waals surface area contributed by atoms with Gasteiger partial charge in [-0.2, -0.15) is 10.1 Å². The van der Waals surface area contributed by atoms with Gasteiger partial charge < -0.3 is 15.5 Å². The molecule has 4 heterocycles. The number of nitrogens with one attached hydrogen (secondary N) is 2. The molecule has 4 aromatic rings. The van der Waals surface area contributed by atoms with Crippen molar-refractivity contribution in [2.45, 2.75) is 30.7 Å². The van der Waals surface area contributed by atoms with Gasteiger partial charge in [0, 0.05) is 20.3 Å². The van der Waals surface area contributed by atoms with Crippen LogP contribution in [0.5, 0.6) is 0 Å². The lowest BCUT2D eigenvalue weighted by Crippen LogP contribution is -2.31. The minimum atomic E-state index is -3.65. The van der Waals surface area contributed by atoms with Crippen LogP contribution in [0.25, 0.3) is 10.2 Å². The molecule has 1 saturated heterocycles. The zero-order chi connectivity index (χ0) is 25.4. The number of anilines is 4. The van der Waals surface area contributed by atoms with Crippen molar-refractivity contribution in [2.75, 3.05) is 44.9 Å². The van der Waals surface area contributed by atoms with E-state index in [9.17, 15) is 8.42 Å². The van der Waals surface area contributed by atoms with Crippen LogP contribution in [0.3, 0.4) is 0 Å². The molecule has 3 aromatic heterocycles. The Morgan fingerprint density at radius 2 is 1.86 bits per heavy atom. The van der Waals surface area contributed by atoms with Crippen LogP contribution in [0.4, 0.5) is 23.1 Å². The summed E-state index contributed by atoms with van der Waals surface area (Å²) in [6.07, 6.45) is 5.92. The number of sulfonamides is 1. The van der Waals surface area contributed by atoms with Crippen molar-refractivity contribution in [1.82, 2.24) is 29.0 Å². The Labute approximate surface area is 215 Å². The van der Waals surface area contributed by atoms with Crippen molar-refractivity contribution in [1.29, 1.82) is 0 Å². The van der Waals surface area contributed by atoms with E-state index in [1.54, 1.807) is 30.5 Å². The molecule has 5 rings (SSSR count). The summed E-state index contributed by atoms with van der Waals surface area (Å²) >= 11 is 1.52. The van der Waals surface area contributed by atoms with Crippen LogP contribution in [0.1, 0.15) is 24.4 Å². The Morgan fingerprint density at radius 3 is 2.61 bits per heavy atom. The molecule has 1 fully saturated rings. The zero-order valence-electron chi connectivity index (χ0n) is 20.8. The smallest absolute Gasteiger partial charge is 0.244 e. The fourth-order valence-corrected chi connectivity index (χ4v) is 6.30. The summed E-state index contributed by atoms with van der Waals surface area (Å²) in [4.78, 5) is 12.8. The molecule has 1 aliphatic heterocycles. The van der Waals surface area contributed by atoms with Crippen LogP contribution in [-0.2, 0) is 10.0 Å². The van der Waals surface area contributed by atoms with E-state index in [1.807, 2.05) is 23.2 Å². The van der Waals surface area contributed by atoms with E-state index < -0.39 is 10.0 Å². The van der Waals surface area contributed by atoms with E-state index in [0.717, 1.165) is 47.4 Å². The highest BCUT2D eigenvalue weighted by Gasteiger charge is 2.23. The monoisotopic (exact) mass is 526 g/mol. The van der Waals surface area contributed by atoms with Crippen molar-refractivity contribution in [3.63, 3.8) is 0 Å². The van der Waals surface area contributed by atoms with E-state index in [1.165, 1.54) is 29.7 Å². The van der Waals surface area contributed by atoms with Crippen molar-refractivity contribution >= 4 is 54.7 Å². The molecule has 0 amide bonds. The molecular weight excluding hydrogens is 496 g/mol. The Bertz CT molecular complexity index is 1490. The normalized spacial score (nSPS) is 15.6. The molecule has 0 bridgehead atoms. The number of aryl methyl sites for hydroxylation is 1. The first kappa shape index (κ1) is 24.6. The number of rotatable bonds is 7. The number of piperidine rings is 1. The van der Waals surface area contributed by atoms with Crippen LogP contribution in [-0.4, -0.2) is 71.6 Å². The number of para-hydroxylation sites is 1. The number of thiophene rings is 1. The van der Waals surface area contributed by atoms with Crippen LogP contribution in [0, 0.1) is 6.92 Å². The molecule has 0 atom stereocenters. The average molecular weight is 527 g/mol. The van der Waals surface area contributed by atoms with Crippen LogP contribution >= 0.6 is 11.3 Å². The highest BCUT2D eigenvalue weighted by Crippen LogP contribution is 2.35. The van der Waals surface area contributed by atoms with Crippen LogP contribution in [0.15, 0.2) is 46.9 Å². The molecule has 0 saturated carbocycles. The zero-order valence-corrected chi connectivity index (χ0v) is 22.4. The molecule has 10 nitrogen and oxygen atoms in total. The van der Waals surface area contributed by atoms with Gasteiger partial charge in [-0.15, -0.1) is 11.3 Å². The second-order valence-electron chi connectivity index (χ2n) is 9.27. The third-order valence-corrected chi connectivity index (χ3v) is 9.30. The summed E-state index contributed by atoms with van der Waals surface area (Å²) in [5.74, 6) is 0.966. The summed E-state index contributed by atoms with van der Waals surface area (Å²) < 4.78 is 29.0. The maximum absolute atomic E-state index is 12.9. The highest BCUT2D eigenvalue weighted by atomic mass is 32.2. The SMILES string of the molecule is Cc1csc2nc(Nc3cnn(C4CCN(C)CC4)c3)nc(Nc3ccccc3S(=O)(=O)N(C)C)c12. The van der Waals surface area contributed by atoms with Gasteiger partial charge in [-0.25, -0.2) is 17.7 Å². The van der Waals surface area contributed by atoms with Crippen molar-refractivity contribution in [2.24, 2.45) is 0 Å². The van der Waals surface area contributed by atoms with Gasteiger partial charge in [0.05, 0.1) is 29.0 Å². The number of likely N-dealkylation sites (tertiary alicyclic amines) is 1. The third-order valence-electron chi connectivity index (χ3n) is 6.44. The van der Waals surface area contributed by atoms with Crippen molar-refractivity contribution in [3.8, 4) is 0 Å². The molecule has 1 aromatic carbocycles. The lowest BCUT2D eigenvalue weighted by molar-refractivity contribution is 0.212. The molecule has 0 unspecified atom stereocenters. The highest BCUT2D eigenvalue weighted by molar-refractivity contribution is 7.89. The topological polar surface area (TPSA) is 108 Å². The minimum absolute atomic E-state index is 0.184. The van der Waals surface area contributed by atoms with E-state index in [4.69, 9.17) is 9.97 Å². The predicted molar refractivity (Wildman–Crippen MR) is 144 cm³/mol. The molecule has 190 valence electrons. The second-order valence-corrected chi connectivity index (χ2v) is 12.3. The van der Waals surface area contributed by atoms with Gasteiger partial charge in [0.25, 0.3) is 0 Å². The Hall–Kier alpha value is -3.06. The van der Waals surface area contributed by atoms with E-state index in [-0.39, 0.29) is 4.90 Å². The number of benzene rings is 1. The molecule has 0 radical (unpaired) electrons. The summed E-state index contributed by atoms with van der Waals surface area (Å²) in [7, 11) is 1.54. The predicted octanol–water partition coefficient (Wildman–Crippen LogP) is 4.20. The largest absolute Gasteiger partial charge is 0.338 e. The number of fused-ring (bicyclic) bond motifs is 1. The van der Waals surface area contributed by atoms with Gasteiger partial charge in [0.1, 0.15) is 15.5 Å². The van der Waals surface area contributed by atoms with Crippen LogP contribution < -0.4 is 10.6 Å². The minimum Gasteiger partial charge on any atom is -0.338 e. The molecular formula is C24H30N8O2S2. The molecule has 0 spiro atoms. The van der Waals surface area contributed by atoms with Crippen molar-refractivity contribution in [3.05, 3.63) is 47.6 Å². The first-order chi connectivity index (χ1) is 17.2. The number of hydrogen-bond acceptors (Lipinski definition) is 9. The maximum Gasteiger partial charge on any atom is 0.244 e. The Morgan fingerprint density at radius 1 is 1.11 bits per heavy atom. The Balaban J connectivity index is 1.47. The van der Waals surface area contributed by atoms with Crippen LogP contribution in [0.2, 0.25) is 0 Å². The fourth-order valence-electron chi connectivity index (χ4n) is 4.34. The van der Waals surface area contributed by atoms with Gasteiger partial charge >= 0.3 is 0 Å². The lowest BCUT2D eigenvalue weighted by atomic mass is 10.1. The van der Waals surface area contributed by atoms with Gasteiger partial charge in [0.15, 0.2) is 0 Å². The quantitative estimate of drug-likeness (QED) is 0.369. The Kier molecular flexibility index (Phi) is 6.68. The van der Waals surface area contributed by atoms with E-state index in [0.29, 0.717) is 23.5 Å². The number of aromatic nitrogens is 4. The van der Waals surface area contributed by atoms with Crippen molar-refractivity contribution < 1.29 is 8.42 Å². The standard InChI is InChI=1S/C24H30N8O2S2/c1-16-15-35-23-21(16)22(27-19-7-5-6-8-20(19)36(33,34)30(2)3)28-24(29-23)26-17-13-25-32(14-17)18-9-11-31(4)12-10-18/h5-8,13-15,18H,9-12H2,1-4H3,(H2,26,27,28,29). The molecule has 12 heteroatoms. The first-order valence-electron chi connectivity index (χ1n) is 11.8. The van der Waals surface area contributed by atoms with Gasteiger partial charge in [-0.05, 0) is 63.0 Å². The first-order valence-corrected chi connectivity index (χ1v) is 14.1. The molecule has 36 heavy (non-hydrogen) atoms. The lowest BCUT2D eigenvalue weighted by Gasteiger charge is -2.28. The number of hydrogen-bond donors (Lipinski definition) is 2.